The Labute approximate surface area is 189 Å². The first-order valence-electron chi connectivity index (χ1n) is 10.2. The number of amides is 1. The Kier molecular flexibility index (Phi) is 6.22. The van der Waals surface area contributed by atoms with Gasteiger partial charge in [-0.1, -0.05) is 30.3 Å². The van der Waals surface area contributed by atoms with Gasteiger partial charge >= 0.3 is 0 Å². The molecule has 1 atom stereocenters. The standard InChI is InChI=1S/C22H23N9O2/c1-13-10-15(8-9-16(13)19(23)33)25-22-24-11-17(21-28-29-30-31(21)2)20(27-22)26-18(12-32)14-6-4-3-5-7-14/h3-11,18,32H,12H2,1-2H3,(H2,23,33)(H2,24,25,26,27)/t18-/m1/s1. The number of primary amides is 1. The SMILES string of the molecule is Cc1cc(Nc2ncc(-c3nnnn3C)c(N[C@H](CO)c3ccccc3)n2)ccc1C(N)=O. The average Bonchev–Trinajstić information content (AvgIpc) is 3.23. The molecule has 0 saturated heterocycles. The summed E-state index contributed by atoms with van der Waals surface area (Å²) in [4.78, 5) is 20.5. The summed E-state index contributed by atoms with van der Waals surface area (Å²) >= 11 is 0. The summed E-state index contributed by atoms with van der Waals surface area (Å²) in [6.45, 7) is 1.65. The minimum absolute atomic E-state index is 0.152. The second-order valence-electron chi connectivity index (χ2n) is 7.39. The van der Waals surface area contributed by atoms with Gasteiger partial charge < -0.3 is 21.5 Å². The van der Waals surface area contributed by atoms with Crippen molar-refractivity contribution in [1.82, 2.24) is 30.2 Å². The largest absolute Gasteiger partial charge is 0.394 e. The first-order valence-corrected chi connectivity index (χ1v) is 10.2. The smallest absolute Gasteiger partial charge is 0.248 e. The van der Waals surface area contributed by atoms with Crippen LogP contribution in [0, 0.1) is 6.92 Å². The van der Waals surface area contributed by atoms with E-state index in [-0.39, 0.29) is 6.61 Å². The molecule has 5 N–H and O–H groups in total. The van der Waals surface area contributed by atoms with E-state index in [1.165, 1.54) is 4.68 Å². The Balaban J connectivity index is 1.70. The number of carbonyl (C=O) groups excluding carboxylic acids is 1. The first-order chi connectivity index (χ1) is 16.0. The predicted octanol–water partition coefficient (Wildman–Crippen LogP) is 1.96. The third-order valence-electron chi connectivity index (χ3n) is 5.09. The number of aliphatic hydroxyl groups excluding tert-OH is 1. The lowest BCUT2D eigenvalue weighted by Crippen LogP contribution is -2.17. The van der Waals surface area contributed by atoms with Gasteiger partial charge in [-0.25, -0.2) is 9.67 Å². The highest BCUT2D eigenvalue weighted by atomic mass is 16.3. The summed E-state index contributed by atoms with van der Waals surface area (Å²) in [7, 11) is 1.72. The van der Waals surface area contributed by atoms with Crippen LogP contribution in [0.3, 0.4) is 0 Å². The number of nitrogens with zero attached hydrogens (tertiary/aromatic N) is 6. The van der Waals surface area contributed by atoms with Crippen LogP contribution < -0.4 is 16.4 Å². The molecule has 2 aromatic carbocycles. The van der Waals surface area contributed by atoms with Crippen molar-refractivity contribution in [2.75, 3.05) is 17.2 Å². The fourth-order valence-corrected chi connectivity index (χ4v) is 3.41. The first kappa shape index (κ1) is 21.8. The molecule has 0 unspecified atom stereocenters. The molecule has 11 heteroatoms. The number of benzene rings is 2. The minimum atomic E-state index is -0.487. The fraction of sp³-hybridized carbons (Fsp3) is 0.182. The lowest BCUT2D eigenvalue weighted by molar-refractivity contribution is 0.0999. The van der Waals surface area contributed by atoms with Crippen molar-refractivity contribution >= 4 is 23.4 Å². The van der Waals surface area contributed by atoms with Gasteiger partial charge in [-0.3, -0.25) is 4.79 Å². The maximum atomic E-state index is 11.5. The van der Waals surface area contributed by atoms with Crippen molar-refractivity contribution < 1.29 is 9.90 Å². The quantitative estimate of drug-likeness (QED) is 0.318. The molecule has 0 radical (unpaired) electrons. The normalized spacial score (nSPS) is 11.7. The monoisotopic (exact) mass is 445 g/mol. The summed E-state index contributed by atoms with van der Waals surface area (Å²) in [5.41, 5.74) is 8.73. The van der Waals surface area contributed by atoms with Crippen LogP contribution in [-0.2, 0) is 7.05 Å². The third-order valence-corrected chi connectivity index (χ3v) is 5.09. The zero-order valence-electron chi connectivity index (χ0n) is 18.1. The summed E-state index contributed by atoms with van der Waals surface area (Å²) in [5.74, 6) is 0.737. The van der Waals surface area contributed by atoms with E-state index in [1.807, 2.05) is 30.3 Å². The Bertz CT molecular complexity index is 1270. The van der Waals surface area contributed by atoms with Crippen LogP contribution in [0.15, 0.2) is 54.7 Å². The van der Waals surface area contributed by atoms with Crippen LogP contribution in [0.25, 0.3) is 11.4 Å². The van der Waals surface area contributed by atoms with E-state index in [9.17, 15) is 9.90 Å². The molecule has 4 rings (SSSR count). The number of aryl methyl sites for hydroxylation is 2. The number of rotatable bonds is 8. The highest BCUT2D eigenvalue weighted by molar-refractivity contribution is 5.94. The highest BCUT2D eigenvalue weighted by Gasteiger charge is 2.19. The van der Waals surface area contributed by atoms with Crippen LogP contribution in [0.5, 0.6) is 0 Å². The van der Waals surface area contributed by atoms with Crippen LogP contribution in [0.4, 0.5) is 17.5 Å². The van der Waals surface area contributed by atoms with Gasteiger partial charge in [0, 0.05) is 24.5 Å². The number of carbonyl (C=O) groups is 1. The molecule has 0 aliphatic heterocycles. The van der Waals surface area contributed by atoms with Gasteiger partial charge in [0.05, 0.1) is 18.2 Å². The van der Waals surface area contributed by atoms with E-state index in [1.54, 1.807) is 38.4 Å². The molecule has 0 bridgehead atoms. The fourth-order valence-electron chi connectivity index (χ4n) is 3.41. The zero-order valence-corrected chi connectivity index (χ0v) is 18.1. The lowest BCUT2D eigenvalue weighted by Gasteiger charge is -2.19. The topological polar surface area (TPSA) is 157 Å². The highest BCUT2D eigenvalue weighted by Crippen LogP contribution is 2.29. The van der Waals surface area contributed by atoms with Crippen molar-refractivity contribution in [2.45, 2.75) is 13.0 Å². The predicted molar refractivity (Wildman–Crippen MR) is 123 cm³/mol. The molecule has 33 heavy (non-hydrogen) atoms. The van der Waals surface area contributed by atoms with Gasteiger partial charge in [0.25, 0.3) is 0 Å². The molecule has 0 aliphatic carbocycles. The summed E-state index contributed by atoms with van der Waals surface area (Å²) in [5, 5.41) is 28.1. The molecule has 0 fully saturated rings. The maximum Gasteiger partial charge on any atom is 0.248 e. The van der Waals surface area contributed by atoms with E-state index in [0.29, 0.717) is 34.4 Å². The summed E-state index contributed by atoms with van der Waals surface area (Å²) in [6.07, 6.45) is 1.60. The minimum Gasteiger partial charge on any atom is -0.394 e. The van der Waals surface area contributed by atoms with Crippen molar-refractivity contribution in [3.05, 3.63) is 71.4 Å². The maximum absolute atomic E-state index is 11.5. The van der Waals surface area contributed by atoms with Crippen molar-refractivity contribution in [1.29, 1.82) is 0 Å². The second-order valence-corrected chi connectivity index (χ2v) is 7.39. The van der Waals surface area contributed by atoms with Gasteiger partial charge in [-0.05, 0) is 46.7 Å². The van der Waals surface area contributed by atoms with Crippen LogP contribution >= 0.6 is 0 Å². The number of hydrogen-bond acceptors (Lipinski definition) is 9. The Morgan fingerprint density at radius 3 is 2.64 bits per heavy atom. The molecule has 2 heterocycles. The molecule has 0 aliphatic rings. The molecular weight excluding hydrogens is 422 g/mol. The number of tetrazole rings is 1. The van der Waals surface area contributed by atoms with E-state index < -0.39 is 11.9 Å². The Morgan fingerprint density at radius 2 is 2.00 bits per heavy atom. The Morgan fingerprint density at radius 1 is 1.21 bits per heavy atom. The van der Waals surface area contributed by atoms with Crippen molar-refractivity contribution in [2.24, 2.45) is 12.8 Å². The van der Waals surface area contributed by atoms with E-state index in [0.717, 1.165) is 11.1 Å². The van der Waals surface area contributed by atoms with E-state index >= 15 is 0 Å². The molecular formula is C22H23N9O2. The van der Waals surface area contributed by atoms with Crippen LogP contribution in [0.2, 0.25) is 0 Å². The molecule has 2 aromatic heterocycles. The second kappa shape index (κ2) is 9.40. The number of aromatic nitrogens is 6. The lowest BCUT2D eigenvalue weighted by atomic mass is 10.1. The molecule has 1 amide bonds. The summed E-state index contributed by atoms with van der Waals surface area (Å²) in [6, 6.07) is 14.3. The number of aliphatic hydroxyl groups is 1. The van der Waals surface area contributed by atoms with E-state index in [2.05, 4.69) is 36.1 Å². The van der Waals surface area contributed by atoms with Crippen molar-refractivity contribution in [3.63, 3.8) is 0 Å². The average molecular weight is 445 g/mol. The molecule has 0 spiro atoms. The molecule has 168 valence electrons. The number of anilines is 3. The van der Waals surface area contributed by atoms with Crippen LogP contribution in [0.1, 0.15) is 27.5 Å². The van der Waals surface area contributed by atoms with Gasteiger partial charge in [-0.15, -0.1) is 5.10 Å². The third kappa shape index (κ3) is 4.77. The van der Waals surface area contributed by atoms with Gasteiger partial charge in [0.2, 0.25) is 11.9 Å². The van der Waals surface area contributed by atoms with Gasteiger partial charge in [0.1, 0.15) is 5.82 Å². The number of nitrogens with one attached hydrogen (secondary N) is 2. The molecule has 4 aromatic rings. The molecule has 11 nitrogen and oxygen atoms in total. The van der Waals surface area contributed by atoms with Crippen molar-refractivity contribution in [3.8, 4) is 11.4 Å². The van der Waals surface area contributed by atoms with Gasteiger partial charge in [-0.2, -0.15) is 4.98 Å². The summed E-state index contributed by atoms with van der Waals surface area (Å²) < 4.78 is 1.51. The Hall–Kier alpha value is -4.38. The van der Waals surface area contributed by atoms with Crippen LogP contribution in [-0.4, -0.2) is 47.8 Å². The van der Waals surface area contributed by atoms with E-state index in [4.69, 9.17) is 5.73 Å². The number of nitrogens with two attached hydrogens (primary N) is 1. The molecule has 0 saturated carbocycles. The zero-order chi connectivity index (χ0) is 23.4. The number of hydrogen-bond donors (Lipinski definition) is 4. The van der Waals surface area contributed by atoms with Gasteiger partial charge in [0.15, 0.2) is 5.82 Å².